The Hall–Kier alpha value is -1.88. The Balaban J connectivity index is 2.11. The number of halogens is 1. The van der Waals surface area contributed by atoms with Crippen molar-refractivity contribution in [3.8, 4) is 0 Å². The van der Waals surface area contributed by atoms with Crippen LogP contribution < -0.4 is 11.1 Å². The third-order valence-electron chi connectivity index (χ3n) is 2.74. The molecule has 4 nitrogen and oxygen atoms in total. The molecular formula is C14H14BrN3O. The van der Waals surface area contributed by atoms with Gasteiger partial charge in [-0.15, -0.1) is 0 Å². The minimum Gasteiger partial charge on any atom is -0.398 e. The van der Waals surface area contributed by atoms with Crippen LogP contribution in [0.1, 0.15) is 29.0 Å². The number of hydrogen-bond donors (Lipinski definition) is 2. The third-order valence-corrected chi connectivity index (χ3v) is 3.46. The number of pyridine rings is 1. The molecule has 1 aromatic carbocycles. The number of benzene rings is 1. The second-order valence-corrected chi connectivity index (χ2v) is 5.04. The average Bonchev–Trinajstić information content (AvgIpc) is 2.42. The van der Waals surface area contributed by atoms with Gasteiger partial charge in [0.2, 0.25) is 0 Å². The van der Waals surface area contributed by atoms with Gasteiger partial charge in [-0.2, -0.15) is 0 Å². The van der Waals surface area contributed by atoms with Crippen molar-refractivity contribution >= 4 is 27.5 Å². The van der Waals surface area contributed by atoms with Crippen LogP contribution >= 0.6 is 15.9 Å². The maximum atomic E-state index is 12.1. The van der Waals surface area contributed by atoms with Crippen molar-refractivity contribution in [2.75, 3.05) is 5.73 Å². The standard InChI is InChI=1S/C14H14BrN3O/c1-9(13-4-2-3-7-17-13)18-14(19)10-5-6-11(15)12(16)8-10/h2-9H,16H2,1H3,(H,18,19)/t9-/m0/s1. The molecule has 1 amide bonds. The molecule has 0 unspecified atom stereocenters. The molecule has 0 bridgehead atoms. The fraction of sp³-hybridized carbons (Fsp3) is 0.143. The van der Waals surface area contributed by atoms with E-state index in [1.54, 1.807) is 24.4 Å². The number of anilines is 1. The predicted molar refractivity (Wildman–Crippen MR) is 78.7 cm³/mol. The summed E-state index contributed by atoms with van der Waals surface area (Å²) in [6, 6.07) is 10.6. The minimum atomic E-state index is -0.169. The van der Waals surface area contributed by atoms with Crippen LogP contribution in [0.3, 0.4) is 0 Å². The lowest BCUT2D eigenvalue weighted by Gasteiger charge is -2.13. The van der Waals surface area contributed by atoms with Crippen LogP contribution in [0.15, 0.2) is 47.1 Å². The van der Waals surface area contributed by atoms with E-state index in [9.17, 15) is 4.79 Å². The summed E-state index contributed by atoms with van der Waals surface area (Å²) in [5, 5.41) is 2.89. The molecule has 0 saturated heterocycles. The largest absolute Gasteiger partial charge is 0.398 e. The van der Waals surface area contributed by atoms with Gasteiger partial charge < -0.3 is 11.1 Å². The Kier molecular flexibility index (Phi) is 4.16. The van der Waals surface area contributed by atoms with E-state index in [4.69, 9.17) is 5.73 Å². The first-order chi connectivity index (χ1) is 9.08. The lowest BCUT2D eigenvalue weighted by atomic mass is 10.1. The van der Waals surface area contributed by atoms with Crippen LogP contribution in [-0.2, 0) is 0 Å². The topological polar surface area (TPSA) is 68.0 Å². The molecular weight excluding hydrogens is 306 g/mol. The first kappa shape index (κ1) is 13.5. The molecule has 1 atom stereocenters. The maximum absolute atomic E-state index is 12.1. The third kappa shape index (κ3) is 3.32. The Labute approximate surface area is 120 Å². The van der Waals surface area contributed by atoms with Crippen molar-refractivity contribution in [2.45, 2.75) is 13.0 Å². The molecule has 3 N–H and O–H groups in total. The first-order valence-corrected chi connectivity index (χ1v) is 6.64. The van der Waals surface area contributed by atoms with Crippen molar-refractivity contribution in [3.63, 3.8) is 0 Å². The molecule has 0 aliphatic heterocycles. The first-order valence-electron chi connectivity index (χ1n) is 5.84. The highest BCUT2D eigenvalue weighted by Crippen LogP contribution is 2.20. The Morgan fingerprint density at radius 2 is 2.16 bits per heavy atom. The number of nitrogens with one attached hydrogen (secondary N) is 1. The number of nitrogens with two attached hydrogens (primary N) is 1. The van der Waals surface area contributed by atoms with Gasteiger partial charge in [-0.05, 0) is 53.2 Å². The second kappa shape index (κ2) is 5.84. The zero-order valence-corrected chi connectivity index (χ0v) is 12.0. The predicted octanol–water partition coefficient (Wildman–Crippen LogP) is 2.92. The zero-order chi connectivity index (χ0) is 13.8. The van der Waals surface area contributed by atoms with Crippen LogP contribution in [0, 0.1) is 0 Å². The molecule has 0 aliphatic rings. The molecule has 0 radical (unpaired) electrons. The van der Waals surface area contributed by atoms with Gasteiger partial charge in [0.15, 0.2) is 0 Å². The van der Waals surface area contributed by atoms with E-state index < -0.39 is 0 Å². The number of aromatic nitrogens is 1. The Morgan fingerprint density at radius 1 is 1.37 bits per heavy atom. The summed E-state index contributed by atoms with van der Waals surface area (Å²) in [4.78, 5) is 16.3. The van der Waals surface area contributed by atoms with Gasteiger partial charge in [0.1, 0.15) is 0 Å². The number of rotatable bonds is 3. The summed E-state index contributed by atoms with van der Waals surface area (Å²) >= 11 is 3.30. The van der Waals surface area contributed by atoms with Gasteiger partial charge in [-0.3, -0.25) is 9.78 Å². The number of carbonyl (C=O) groups excluding carboxylic acids is 1. The van der Waals surface area contributed by atoms with Gasteiger partial charge in [0, 0.05) is 21.9 Å². The summed E-state index contributed by atoms with van der Waals surface area (Å²) < 4.78 is 0.779. The van der Waals surface area contributed by atoms with E-state index in [0.717, 1.165) is 10.2 Å². The van der Waals surface area contributed by atoms with E-state index in [1.807, 2.05) is 25.1 Å². The highest BCUT2D eigenvalue weighted by atomic mass is 79.9. The Morgan fingerprint density at radius 3 is 2.79 bits per heavy atom. The average molecular weight is 320 g/mol. The smallest absolute Gasteiger partial charge is 0.251 e. The fourth-order valence-corrected chi connectivity index (χ4v) is 1.92. The van der Waals surface area contributed by atoms with Crippen molar-refractivity contribution in [1.82, 2.24) is 10.3 Å². The highest BCUT2D eigenvalue weighted by molar-refractivity contribution is 9.10. The zero-order valence-electron chi connectivity index (χ0n) is 10.4. The molecule has 19 heavy (non-hydrogen) atoms. The van der Waals surface area contributed by atoms with E-state index in [0.29, 0.717) is 11.3 Å². The van der Waals surface area contributed by atoms with Crippen LogP contribution in [0.5, 0.6) is 0 Å². The molecule has 1 aromatic heterocycles. The minimum absolute atomic E-state index is 0.154. The van der Waals surface area contributed by atoms with Crippen molar-refractivity contribution in [1.29, 1.82) is 0 Å². The van der Waals surface area contributed by atoms with Crippen LogP contribution in [0.4, 0.5) is 5.69 Å². The van der Waals surface area contributed by atoms with Crippen molar-refractivity contribution < 1.29 is 4.79 Å². The lowest BCUT2D eigenvalue weighted by Crippen LogP contribution is -2.27. The van der Waals surface area contributed by atoms with Gasteiger partial charge in [-0.25, -0.2) is 0 Å². The molecule has 5 heteroatoms. The monoisotopic (exact) mass is 319 g/mol. The molecule has 2 aromatic rings. The molecule has 0 fully saturated rings. The maximum Gasteiger partial charge on any atom is 0.251 e. The summed E-state index contributed by atoms with van der Waals surface area (Å²) in [6.45, 7) is 1.89. The van der Waals surface area contributed by atoms with Gasteiger partial charge in [0.25, 0.3) is 5.91 Å². The number of hydrogen-bond acceptors (Lipinski definition) is 3. The van der Waals surface area contributed by atoms with E-state index >= 15 is 0 Å². The molecule has 0 saturated carbocycles. The number of nitrogens with zero attached hydrogens (tertiary/aromatic N) is 1. The molecule has 0 spiro atoms. The van der Waals surface area contributed by atoms with Crippen LogP contribution in [0.2, 0.25) is 0 Å². The van der Waals surface area contributed by atoms with Gasteiger partial charge in [-0.1, -0.05) is 6.07 Å². The van der Waals surface area contributed by atoms with E-state index in [-0.39, 0.29) is 11.9 Å². The molecule has 2 rings (SSSR count). The van der Waals surface area contributed by atoms with Crippen molar-refractivity contribution in [3.05, 3.63) is 58.3 Å². The normalized spacial score (nSPS) is 11.9. The lowest BCUT2D eigenvalue weighted by molar-refractivity contribution is 0.0939. The second-order valence-electron chi connectivity index (χ2n) is 4.19. The molecule has 1 heterocycles. The summed E-state index contributed by atoms with van der Waals surface area (Å²) in [7, 11) is 0. The summed E-state index contributed by atoms with van der Waals surface area (Å²) in [5.41, 5.74) is 7.65. The number of nitrogen functional groups attached to an aromatic ring is 1. The van der Waals surface area contributed by atoms with E-state index in [2.05, 4.69) is 26.2 Å². The quantitative estimate of drug-likeness (QED) is 0.855. The van der Waals surface area contributed by atoms with Gasteiger partial charge >= 0.3 is 0 Å². The summed E-state index contributed by atoms with van der Waals surface area (Å²) in [6.07, 6.45) is 1.70. The fourth-order valence-electron chi connectivity index (χ4n) is 1.67. The molecule has 98 valence electrons. The number of amides is 1. The van der Waals surface area contributed by atoms with Crippen molar-refractivity contribution in [2.24, 2.45) is 0 Å². The Bertz CT molecular complexity index is 586. The van der Waals surface area contributed by atoms with Gasteiger partial charge in [0.05, 0.1) is 11.7 Å². The highest BCUT2D eigenvalue weighted by Gasteiger charge is 2.12. The summed E-state index contributed by atoms with van der Waals surface area (Å²) in [5.74, 6) is -0.169. The number of carbonyl (C=O) groups is 1. The molecule has 0 aliphatic carbocycles. The van der Waals surface area contributed by atoms with E-state index in [1.165, 1.54) is 0 Å². The SMILES string of the molecule is C[C@H](NC(=O)c1ccc(Br)c(N)c1)c1ccccn1. The van der Waals surface area contributed by atoms with Crippen LogP contribution in [0.25, 0.3) is 0 Å². The van der Waals surface area contributed by atoms with Crippen LogP contribution in [-0.4, -0.2) is 10.9 Å².